The number of carbonyl (C=O) groups is 1. The molecule has 9 nitrogen and oxygen atoms in total. The summed E-state index contributed by atoms with van der Waals surface area (Å²) in [6.45, 7) is 2.40. The molecule has 9 heteroatoms. The van der Waals surface area contributed by atoms with Crippen LogP contribution in [0.15, 0.2) is 33.3 Å². The van der Waals surface area contributed by atoms with E-state index in [2.05, 4.69) is 25.6 Å². The van der Waals surface area contributed by atoms with Gasteiger partial charge in [0.2, 0.25) is 17.6 Å². The Morgan fingerprint density at radius 3 is 2.77 bits per heavy atom. The molecule has 136 valence electrons. The molecule has 0 aliphatic carbocycles. The van der Waals surface area contributed by atoms with E-state index >= 15 is 0 Å². The molecule has 1 N–H and O–H groups in total. The molecular weight excluding hydrogens is 338 g/mol. The van der Waals surface area contributed by atoms with Crippen molar-refractivity contribution in [1.29, 1.82) is 0 Å². The van der Waals surface area contributed by atoms with Gasteiger partial charge in [-0.3, -0.25) is 4.79 Å². The minimum Gasteiger partial charge on any atom is -0.375 e. The smallest absolute Gasteiger partial charge is 0.252 e. The SMILES string of the molecule is COCc1nc(CNC(=O)CCc2nc(-c3ccccc3C)no2)no1. The summed E-state index contributed by atoms with van der Waals surface area (Å²) in [6, 6.07) is 7.78. The maximum Gasteiger partial charge on any atom is 0.252 e. The van der Waals surface area contributed by atoms with Crippen LogP contribution in [0.4, 0.5) is 0 Å². The Kier molecular flexibility index (Phi) is 5.69. The number of aryl methyl sites for hydroxylation is 2. The highest BCUT2D eigenvalue weighted by Crippen LogP contribution is 2.20. The molecule has 0 atom stereocenters. The second kappa shape index (κ2) is 8.34. The maximum atomic E-state index is 11.9. The molecular formula is C17H19N5O4. The van der Waals surface area contributed by atoms with Crippen LogP contribution in [0, 0.1) is 6.92 Å². The molecule has 2 aromatic heterocycles. The number of nitrogens with zero attached hydrogens (tertiary/aromatic N) is 4. The van der Waals surface area contributed by atoms with Crippen LogP contribution in [0.1, 0.15) is 29.6 Å². The normalized spacial score (nSPS) is 10.8. The summed E-state index contributed by atoms with van der Waals surface area (Å²) in [7, 11) is 1.54. The number of rotatable bonds is 8. The minimum absolute atomic E-state index is 0.168. The standard InChI is InChI=1S/C17H19N5O4/c1-11-5-3-4-6-12(11)17-20-15(25-22-17)8-7-14(23)18-9-13-19-16(10-24-2)26-21-13/h3-6H,7-10H2,1-2H3,(H,18,23). The molecule has 1 aromatic carbocycles. The van der Waals surface area contributed by atoms with Gasteiger partial charge in [0.1, 0.15) is 6.61 Å². The second-order valence-electron chi connectivity index (χ2n) is 5.64. The number of ether oxygens (including phenoxy) is 1. The average molecular weight is 357 g/mol. The number of aromatic nitrogens is 4. The number of hydrogen-bond donors (Lipinski definition) is 1. The molecule has 0 aliphatic rings. The highest BCUT2D eigenvalue weighted by molar-refractivity contribution is 5.75. The van der Waals surface area contributed by atoms with Crippen LogP contribution in [-0.4, -0.2) is 33.3 Å². The molecule has 2 heterocycles. The van der Waals surface area contributed by atoms with Crippen LogP contribution < -0.4 is 5.32 Å². The zero-order chi connectivity index (χ0) is 18.4. The Morgan fingerprint density at radius 2 is 1.96 bits per heavy atom. The van der Waals surface area contributed by atoms with E-state index in [1.165, 1.54) is 7.11 Å². The molecule has 0 aliphatic heterocycles. The Labute approximate surface area is 149 Å². The van der Waals surface area contributed by atoms with Crippen molar-refractivity contribution in [3.05, 3.63) is 47.4 Å². The molecule has 0 spiro atoms. The number of benzene rings is 1. The van der Waals surface area contributed by atoms with Crippen molar-refractivity contribution in [2.75, 3.05) is 7.11 Å². The van der Waals surface area contributed by atoms with E-state index in [-0.39, 0.29) is 25.5 Å². The second-order valence-corrected chi connectivity index (χ2v) is 5.64. The number of hydrogen-bond acceptors (Lipinski definition) is 8. The predicted molar refractivity (Wildman–Crippen MR) is 89.6 cm³/mol. The van der Waals surface area contributed by atoms with Crippen molar-refractivity contribution >= 4 is 5.91 Å². The van der Waals surface area contributed by atoms with Gasteiger partial charge in [-0.25, -0.2) is 0 Å². The van der Waals surface area contributed by atoms with Crippen molar-refractivity contribution in [1.82, 2.24) is 25.6 Å². The summed E-state index contributed by atoms with van der Waals surface area (Å²) in [6.07, 6.45) is 0.573. The third kappa shape index (κ3) is 4.51. The monoisotopic (exact) mass is 357 g/mol. The summed E-state index contributed by atoms with van der Waals surface area (Å²) in [5, 5.41) is 10.4. The highest BCUT2D eigenvalue weighted by atomic mass is 16.5. The summed E-state index contributed by atoms with van der Waals surface area (Å²) >= 11 is 0. The van der Waals surface area contributed by atoms with E-state index in [9.17, 15) is 4.79 Å². The number of methoxy groups -OCH3 is 1. The zero-order valence-electron chi connectivity index (χ0n) is 14.6. The lowest BCUT2D eigenvalue weighted by molar-refractivity contribution is -0.121. The first-order valence-corrected chi connectivity index (χ1v) is 8.11. The summed E-state index contributed by atoms with van der Waals surface area (Å²) in [4.78, 5) is 20.4. The fourth-order valence-electron chi connectivity index (χ4n) is 2.32. The van der Waals surface area contributed by atoms with E-state index in [1.54, 1.807) is 0 Å². The van der Waals surface area contributed by atoms with Crippen LogP contribution in [0.2, 0.25) is 0 Å². The lowest BCUT2D eigenvalue weighted by Gasteiger charge is -2.00. The van der Waals surface area contributed by atoms with Gasteiger partial charge < -0.3 is 19.1 Å². The third-order valence-electron chi connectivity index (χ3n) is 3.64. The topological polar surface area (TPSA) is 116 Å². The van der Waals surface area contributed by atoms with Gasteiger partial charge in [0.15, 0.2) is 5.82 Å². The predicted octanol–water partition coefficient (Wildman–Crippen LogP) is 1.82. The van der Waals surface area contributed by atoms with Gasteiger partial charge in [0, 0.05) is 25.5 Å². The lowest BCUT2D eigenvalue weighted by Crippen LogP contribution is -2.23. The highest BCUT2D eigenvalue weighted by Gasteiger charge is 2.13. The van der Waals surface area contributed by atoms with E-state index in [4.69, 9.17) is 13.8 Å². The van der Waals surface area contributed by atoms with E-state index < -0.39 is 0 Å². The molecule has 0 saturated carbocycles. The van der Waals surface area contributed by atoms with Crippen molar-refractivity contribution < 1.29 is 18.6 Å². The summed E-state index contributed by atoms with van der Waals surface area (Å²) in [5.41, 5.74) is 1.97. The van der Waals surface area contributed by atoms with Crippen LogP contribution >= 0.6 is 0 Å². The zero-order valence-corrected chi connectivity index (χ0v) is 14.6. The van der Waals surface area contributed by atoms with Crippen LogP contribution in [0.5, 0.6) is 0 Å². The van der Waals surface area contributed by atoms with Gasteiger partial charge in [-0.05, 0) is 12.5 Å². The molecule has 3 aromatic rings. The fraction of sp³-hybridized carbons (Fsp3) is 0.353. The van der Waals surface area contributed by atoms with Crippen LogP contribution in [0.25, 0.3) is 11.4 Å². The van der Waals surface area contributed by atoms with Gasteiger partial charge in [-0.15, -0.1) is 0 Å². The number of amides is 1. The van der Waals surface area contributed by atoms with Gasteiger partial charge in [0.25, 0.3) is 5.89 Å². The summed E-state index contributed by atoms with van der Waals surface area (Å²) < 4.78 is 15.1. The molecule has 0 unspecified atom stereocenters. The first-order chi connectivity index (χ1) is 12.7. The molecule has 3 rings (SSSR count). The van der Waals surface area contributed by atoms with Crippen LogP contribution in [-0.2, 0) is 29.1 Å². The third-order valence-corrected chi connectivity index (χ3v) is 3.64. The Bertz CT molecular complexity index is 873. The fourth-order valence-corrected chi connectivity index (χ4v) is 2.32. The van der Waals surface area contributed by atoms with E-state index in [1.807, 2.05) is 31.2 Å². The molecule has 0 fully saturated rings. The molecule has 0 saturated heterocycles. The largest absolute Gasteiger partial charge is 0.375 e. The van der Waals surface area contributed by atoms with Crippen molar-refractivity contribution in [3.63, 3.8) is 0 Å². The van der Waals surface area contributed by atoms with Gasteiger partial charge >= 0.3 is 0 Å². The molecule has 0 radical (unpaired) electrons. The first-order valence-electron chi connectivity index (χ1n) is 8.11. The van der Waals surface area contributed by atoms with Gasteiger partial charge in [0.05, 0.1) is 6.54 Å². The molecule has 26 heavy (non-hydrogen) atoms. The Balaban J connectivity index is 1.48. The lowest BCUT2D eigenvalue weighted by atomic mass is 10.1. The van der Waals surface area contributed by atoms with E-state index in [0.717, 1.165) is 11.1 Å². The first kappa shape index (κ1) is 17.7. The quantitative estimate of drug-likeness (QED) is 0.649. The summed E-state index contributed by atoms with van der Waals surface area (Å²) in [5.74, 6) is 1.53. The average Bonchev–Trinajstić information content (AvgIpc) is 3.28. The maximum absolute atomic E-state index is 11.9. The number of carbonyl (C=O) groups excluding carboxylic acids is 1. The van der Waals surface area contributed by atoms with Gasteiger partial charge in [-0.2, -0.15) is 9.97 Å². The van der Waals surface area contributed by atoms with E-state index in [0.29, 0.717) is 29.9 Å². The van der Waals surface area contributed by atoms with Crippen molar-refractivity contribution in [2.45, 2.75) is 32.9 Å². The van der Waals surface area contributed by atoms with Crippen LogP contribution in [0.3, 0.4) is 0 Å². The number of nitrogens with one attached hydrogen (secondary N) is 1. The van der Waals surface area contributed by atoms with Crippen molar-refractivity contribution in [2.24, 2.45) is 0 Å². The van der Waals surface area contributed by atoms with Crippen molar-refractivity contribution in [3.8, 4) is 11.4 Å². The Morgan fingerprint density at radius 1 is 1.15 bits per heavy atom. The van der Waals surface area contributed by atoms with Gasteiger partial charge in [-0.1, -0.05) is 34.6 Å². The minimum atomic E-state index is -0.168. The Hall–Kier alpha value is -3.07. The molecule has 0 bridgehead atoms. The molecule has 1 amide bonds.